The topological polar surface area (TPSA) is 119 Å². The molecule has 0 radical (unpaired) electrons. The van der Waals surface area contributed by atoms with Crippen LogP contribution in [0.3, 0.4) is 0 Å². The fourth-order valence-corrected chi connectivity index (χ4v) is 5.05. The highest BCUT2D eigenvalue weighted by atomic mass is 79.9. The number of hydrogen-bond acceptors (Lipinski definition) is 7. The van der Waals surface area contributed by atoms with Gasteiger partial charge in [-0.3, -0.25) is 4.79 Å². The number of aryl methyl sites for hydroxylation is 1. The second-order valence-corrected chi connectivity index (χ2v) is 10.8. The molecule has 5 rings (SSSR count). The Balaban J connectivity index is 1.29. The van der Waals surface area contributed by atoms with Gasteiger partial charge < -0.3 is 24.3 Å². The highest BCUT2D eigenvalue weighted by Gasteiger charge is 2.30. The lowest BCUT2D eigenvalue weighted by Gasteiger charge is -2.15. The number of fused-ring (bicyclic) bond motifs is 1. The summed E-state index contributed by atoms with van der Waals surface area (Å²) in [6.07, 6.45) is 6.89. The zero-order valence-electron chi connectivity index (χ0n) is 21.7. The Bertz CT molecular complexity index is 1550. The van der Waals surface area contributed by atoms with Gasteiger partial charge in [0.05, 0.1) is 53.7 Å². The molecule has 1 aromatic carbocycles. The summed E-state index contributed by atoms with van der Waals surface area (Å²) in [6.45, 7) is 3.41. The Morgan fingerprint density at radius 2 is 2.05 bits per heavy atom. The van der Waals surface area contributed by atoms with Crippen molar-refractivity contribution in [3.63, 3.8) is 0 Å². The molecular weight excluding hydrogens is 552 g/mol. The molecule has 0 spiro atoms. The van der Waals surface area contributed by atoms with E-state index < -0.39 is 5.97 Å². The average molecular weight is 583 g/mol. The van der Waals surface area contributed by atoms with E-state index in [1.165, 1.54) is 17.9 Å². The second kappa shape index (κ2) is 10.6. The van der Waals surface area contributed by atoms with Gasteiger partial charge in [-0.2, -0.15) is 5.10 Å². The van der Waals surface area contributed by atoms with Crippen LogP contribution in [0.4, 0.5) is 5.95 Å². The molecular formula is C27H31BrN6O4. The van der Waals surface area contributed by atoms with Crippen LogP contribution >= 0.6 is 15.9 Å². The number of anilines is 1. The van der Waals surface area contributed by atoms with E-state index in [2.05, 4.69) is 37.5 Å². The lowest BCUT2D eigenvalue weighted by atomic mass is 10.1. The number of nitrogens with two attached hydrogens (primary N) is 1. The minimum absolute atomic E-state index is 0.233. The first-order valence-corrected chi connectivity index (χ1v) is 13.5. The number of carbonyl (C=O) groups is 1. The SMILES string of the molecule is COC(=O)c1cc(-c2cnn(C3CC3)c2OCCC[C@@H](C)Cn2c(N)nc3ccc(Br)cc32)c(=O)n(C)c1. The highest BCUT2D eigenvalue weighted by Crippen LogP contribution is 2.41. The molecule has 1 aliphatic carbocycles. The molecule has 11 heteroatoms. The summed E-state index contributed by atoms with van der Waals surface area (Å²) in [7, 11) is 2.93. The third kappa shape index (κ3) is 5.20. The van der Waals surface area contributed by atoms with E-state index in [4.69, 9.17) is 15.2 Å². The predicted molar refractivity (Wildman–Crippen MR) is 148 cm³/mol. The van der Waals surface area contributed by atoms with E-state index in [9.17, 15) is 9.59 Å². The maximum absolute atomic E-state index is 13.0. The monoisotopic (exact) mass is 582 g/mol. The summed E-state index contributed by atoms with van der Waals surface area (Å²) >= 11 is 3.53. The van der Waals surface area contributed by atoms with Gasteiger partial charge in [0.15, 0.2) is 0 Å². The van der Waals surface area contributed by atoms with Crippen molar-refractivity contribution >= 4 is 38.9 Å². The molecule has 4 aromatic rings. The number of methoxy groups -OCH3 is 1. The van der Waals surface area contributed by atoms with E-state index in [1.807, 2.05) is 22.9 Å². The number of halogens is 1. The van der Waals surface area contributed by atoms with E-state index >= 15 is 0 Å². The first-order valence-electron chi connectivity index (χ1n) is 12.7. The van der Waals surface area contributed by atoms with Gasteiger partial charge in [0.25, 0.3) is 5.56 Å². The van der Waals surface area contributed by atoms with Crippen molar-refractivity contribution in [3.8, 4) is 17.0 Å². The highest BCUT2D eigenvalue weighted by molar-refractivity contribution is 9.10. The first kappa shape index (κ1) is 26.0. The van der Waals surface area contributed by atoms with Crippen LogP contribution in [0.2, 0.25) is 0 Å². The Morgan fingerprint density at radius 3 is 2.79 bits per heavy atom. The second-order valence-electron chi connectivity index (χ2n) is 9.90. The standard InChI is InChI=1S/C27H31BrN6O4/c1-16(14-33-23-12-18(28)6-9-22(23)31-27(33)29)5-4-10-38-25-21(13-30-34(25)19-7-8-19)20-11-17(26(36)37-3)15-32(2)24(20)35/h6,9,11-13,15-16,19H,4-5,7-8,10,14H2,1-3H3,(H2,29,31)/t16-/m1/s1. The third-order valence-corrected chi connectivity index (χ3v) is 7.34. The zero-order chi connectivity index (χ0) is 27.0. The van der Waals surface area contributed by atoms with Gasteiger partial charge in [0.1, 0.15) is 0 Å². The summed E-state index contributed by atoms with van der Waals surface area (Å²) in [5.74, 6) is 0.907. The summed E-state index contributed by atoms with van der Waals surface area (Å²) in [6, 6.07) is 7.77. The fraction of sp³-hybridized carbons (Fsp3) is 0.407. The van der Waals surface area contributed by atoms with E-state index in [0.29, 0.717) is 41.0 Å². The number of esters is 1. The van der Waals surface area contributed by atoms with Gasteiger partial charge in [-0.05, 0) is 55.9 Å². The first-order chi connectivity index (χ1) is 18.3. The van der Waals surface area contributed by atoms with Crippen LogP contribution in [0, 0.1) is 5.92 Å². The van der Waals surface area contributed by atoms with Crippen LogP contribution in [0.15, 0.2) is 45.9 Å². The number of imidazole rings is 1. The van der Waals surface area contributed by atoms with Crippen molar-refractivity contribution in [2.75, 3.05) is 19.5 Å². The molecule has 0 amide bonds. The molecule has 0 unspecified atom stereocenters. The van der Waals surface area contributed by atoms with Gasteiger partial charge in [0, 0.05) is 24.3 Å². The third-order valence-electron chi connectivity index (χ3n) is 6.85. The summed E-state index contributed by atoms with van der Waals surface area (Å²) in [5.41, 5.74) is 9.09. The van der Waals surface area contributed by atoms with E-state index in [-0.39, 0.29) is 11.6 Å². The molecule has 200 valence electrons. The maximum Gasteiger partial charge on any atom is 0.339 e. The molecule has 10 nitrogen and oxygen atoms in total. The Hall–Kier alpha value is -3.60. The maximum atomic E-state index is 13.0. The van der Waals surface area contributed by atoms with Gasteiger partial charge in [0.2, 0.25) is 11.8 Å². The number of hydrogen-bond donors (Lipinski definition) is 1. The van der Waals surface area contributed by atoms with Gasteiger partial charge in [-0.1, -0.05) is 22.9 Å². The molecule has 3 aromatic heterocycles. The molecule has 0 bridgehead atoms. The van der Waals surface area contributed by atoms with Crippen LogP contribution in [0.5, 0.6) is 5.88 Å². The van der Waals surface area contributed by atoms with Crippen molar-refractivity contribution in [1.29, 1.82) is 0 Å². The Labute approximate surface area is 228 Å². The number of benzene rings is 1. The van der Waals surface area contributed by atoms with Crippen molar-refractivity contribution in [2.24, 2.45) is 13.0 Å². The van der Waals surface area contributed by atoms with Gasteiger partial charge >= 0.3 is 5.97 Å². The van der Waals surface area contributed by atoms with E-state index in [1.54, 1.807) is 19.3 Å². The van der Waals surface area contributed by atoms with E-state index in [0.717, 1.165) is 47.7 Å². The molecule has 1 fully saturated rings. The summed E-state index contributed by atoms with van der Waals surface area (Å²) in [5, 5.41) is 4.53. The molecule has 1 aliphatic rings. The quantitative estimate of drug-likeness (QED) is 0.215. The number of nitrogen functional groups attached to an aromatic ring is 1. The largest absolute Gasteiger partial charge is 0.477 e. The number of ether oxygens (including phenoxy) is 2. The molecule has 38 heavy (non-hydrogen) atoms. The van der Waals surface area contributed by atoms with Crippen molar-refractivity contribution < 1.29 is 14.3 Å². The molecule has 2 N–H and O–H groups in total. The minimum atomic E-state index is -0.508. The number of rotatable bonds is 10. The van der Waals surface area contributed by atoms with Gasteiger partial charge in [-0.15, -0.1) is 0 Å². The molecule has 3 heterocycles. The number of nitrogens with zero attached hydrogens (tertiary/aromatic N) is 5. The number of pyridine rings is 1. The van der Waals surface area contributed by atoms with Crippen LogP contribution in [-0.2, 0) is 18.3 Å². The molecule has 1 atom stereocenters. The van der Waals surface area contributed by atoms with Crippen LogP contribution in [0.25, 0.3) is 22.2 Å². The summed E-state index contributed by atoms with van der Waals surface area (Å²) < 4.78 is 17.4. The number of carbonyl (C=O) groups excluding carboxylic acids is 1. The van der Waals surface area contributed by atoms with Crippen LogP contribution in [0.1, 0.15) is 49.0 Å². The van der Waals surface area contributed by atoms with Crippen LogP contribution < -0.4 is 16.0 Å². The average Bonchev–Trinajstić information content (AvgIpc) is 3.59. The number of aromatic nitrogens is 5. The van der Waals surface area contributed by atoms with Crippen molar-refractivity contribution in [1.82, 2.24) is 23.9 Å². The normalized spacial score (nSPS) is 14.1. The molecule has 0 saturated heterocycles. The Morgan fingerprint density at radius 1 is 1.26 bits per heavy atom. The Kier molecular flexibility index (Phi) is 7.29. The lowest BCUT2D eigenvalue weighted by molar-refractivity contribution is 0.0599. The lowest BCUT2D eigenvalue weighted by Crippen LogP contribution is -2.20. The zero-order valence-corrected chi connectivity index (χ0v) is 23.3. The smallest absolute Gasteiger partial charge is 0.339 e. The molecule has 0 aliphatic heterocycles. The van der Waals surface area contributed by atoms with Crippen molar-refractivity contribution in [3.05, 3.63) is 57.0 Å². The van der Waals surface area contributed by atoms with Crippen molar-refractivity contribution in [2.45, 2.75) is 45.2 Å². The van der Waals surface area contributed by atoms with Gasteiger partial charge in [-0.25, -0.2) is 14.5 Å². The van der Waals surface area contributed by atoms with Crippen LogP contribution in [-0.4, -0.2) is 43.6 Å². The summed E-state index contributed by atoms with van der Waals surface area (Å²) in [4.78, 5) is 29.6. The predicted octanol–water partition coefficient (Wildman–Crippen LogP) is 4.56. The fourth-order valence-electron chi connectivity index (χ4n) is 4.70. The minimum Gasteiger partial charge on any atom is -0.477 e. The molecule has 1 saturated carbocycles.